The van der Waals surface area contributed by atoms with E-state index in [2.05, 4.69) is 51.8 Å². The minimum atomic E-state index is 0.478. The number of aryl methyl sites for hydroxylation is 4. The molecule has 8 heteroatoms. The molecule has 0 bridgehead atoms. The van der Waals surface area contributed by atoms with Crippen LogP contribution in [0.25, 0.3) is 0 Å². The molecule has 3 aromatic rings. The molecule has 0 radical (unpaired) electrons. The van der Waals surface area contributed by atoms with E-state index in [1.807, 2.05) is 19.1 Å². The molecule has 2 fully saturated rings. The van der Waals surface area contributed by atoms with Gasteiger partial charge in [0, 0.05) is 12.1 Å². The molecule has 0 aliphatic carbocycles. The monoisotopic (exact) mass is 528 g/mol. The summed E-state index contributed by atoms with van der Waals surface area (Å²) >= 11 is 12.0. The van der Waals surface area contributed by atoms with E-state index >= 15 is 0 Å². The smallest absolute Gasteiger partial charge is 0.138 e. The lowest BCUT2D eigenvalue weighted by molar-refractivity contribution is 0.217. The molecular weight excluding hydrogens is 495 g/mol. The van der Waals surface area contributed by atoms with Crippen molar-refractivity contribution < 1.29 is 9.47 Å². The molecule has 0 spiro atoms. The maximum absolute atomic E-state index is 6.21. The number of hydrogen-bond donors (Lipinski definition) is 2. The third-order valence-corrected chi connectivity index (χ3v) is 7.17. The Bertz CT molecular complexity index is 1120. The van der Waals surface area contributed by atoms with Crippen LogP contribution in [0.15, 0.2) is 48.8 Å². The first-order valence-electron chi connectivity index (χ1n) is 12.5. The summed E-state index contributed by atoms with van der Waals surface area (Å²) < 4.78 is 11.4. The van der Waals surface area contributed by atoms with Crippen molar-refractivity contribution in [2.75, 3.05) is 26.3 Å². The van der Waals surface area contributed by atoms with E-state index < -0.39 is 0 Å². The summed E-state index contributed by atoms with van der Waals surface area (Å²) in [6.07, 6.45) is 7.56. The predicted octanol–water partition coefficient (Wildman–Crippen LogP) is 5.35. The number of ether oxygens (including phenoxy) is 2. The molecule has 36 heavy (non-hydrogen) atoms. The molecule has 2 atom stereocenters. The highest BCUT2D eigenvalue weighted by Gasteiger charge is 2.17. The quantitative estimate of drug-likeness (QED) is 0.364. The van der Waals surface area contributed by atoms with Gasteiger partial charge in [0.1, 0.15) is 35.0 Å². The van der Waals surface area contributed by atoms with Gasteiger partial charge in [-0.3, -0.25) is 0 Å². The fraction of sp³-hybridized carbons (Fsp3) is 0.429. The van der Waals surface area contributed by atoms with Crippen LogP contribution in [0.3, 0.4) is 0 Å². The summed E-state index contributed by atoms with van der Waals surface area (Å²) in [6, 6.07) is 13.5. The third kappa shape index (κ3) is 8.07. The minimum absolute atomic E-state index is 0.478. The van der Waals surface area contributed by atoms with Gasteiger partial charge in [-0.15, -0.1) is 0 Å². The Morgan fingerprint density at radius 2 is 1.36 bits per heavy atom. The molecule has 192 valence electrons. The highest BCUT2D eigenvalue weighted by Crippen LogP contribution is 2.22. The Morgan fingerprint density at radius 1 is 0.806 bits per heavy atom. The number of rotatable bonds is 9. The zero-order valence-corrected chi connectivity index (χ0v) is 22.4. The Kier molecular flexibility index (Phi) is 9.82. The van der Waals surface area contributed by atoms with Crippen molar-refractivity contribution in [1.82, 2.24) is 20.6 Å². The van der Waals surface area contributed by atoms with Crippen LogP contribution in [0, 0.1) is 13.8 Å². The second-order valence-corrected chi connectivity index (χ2v) is 10.1. The molecule has 0 amide bonds. The molecule has 2 aliphatic rings. The van der Waals surface area contributed by atoms with Gasteiger partial charge < -0.3 is 20.1 Å². The standard InChI is InChI=1S/C18H21ClN2O.C10H13ClN2O/c1-13-2-4-14(5-3-13)6-7-15-10-17(11-21-18(15)19)22-12-16-8-9-20-16;1-7-4-9(5-13-10(7)11)14-6-8-2-3-12-8/h2-5,10-11,16,20H,6-9,12H2,1H3;4-5,8,12H,2-3,6H2,1H3/t;8-/m.0/s1. The first-order valence-corrected chi connectivity index (χ1v) is 13.3. The van der Waals surface area contributed by atoms with Crippen molar-refractivity contribution in [3.63, 3.8) is 0 Å². The van der Waals surface area contributed by atoms with Gasteiger partial charge in [0.05, 0.1) is 12.4 Å². The predicted molar refractivity (Wildman–Crippen MR) is 146 cm³/mol. The summed E-state index contributed by atoms with van der Waals surface area (Å²) in [5, 5.41) is 7.70. The number of aromatic nitrogens is 2. The van der Waals surface area contributed by atoms with Crippen molar-refractivity contribution in [3.05, 3.63) is 81.4 Å². The van der Waals surface area contributed by atoms with E-state index in [1.54, 1.807) is 12.4 Å². The van der Waals surface area contributed by atoms with Crippen LogP contribution in [-0.2, 0) is 12.8 Å². The molecular formula is C28H34Cl2N4O2. The second-order valence-electron chi connectivity index (χ2n) is 9.39. The minimum Gasteiger partial charge on any atom is -0.490 e. The number of pyridine rings is 2. The number of nitrogens with one attached hydrogen (secondary N) is 2. The number of nitrogens with zero attached hydrogens (tertiary/aromatic N) is 2. The lowest BCUT2D eigenvalue weighted by Gasteiger charge is -2.27. The fourth-order valence-electron chi connectivity index (χ4n) is 3.75. The van der Waals surface area contributed by atoms with E-state index in [0.29, 0.717) is 35.6 Å². The molecule has 2 saturated heterocycles. The number of hydrogen-bond acceptors (Lipinski definition) is 6. The zero-order chi connectivity index (χ0) is 25.3. The zero-order valence-electron chi connectivity index (χ0n) is 20.9. The summed E-state index contributed by atoms with van der Waals surface area (Å²) in [7, 11) is 0. The first-order chi connectivity index (χ1) is 17.5. The molecule has 2 aliphatic heterocycles. The molecule has 6 nitrogen and oxygen atoms in total. The summed E-state index contributed by atoms with van der Waals surface area (Å²) in [4.78, 5) is 8.27. The summed E-state index contributed by atoms with van der Waals surface area (Å²) in [5.41, 5.74) is 4.59. The third-order valence-electron chi connectivity index (χ3n) is 6.43. The maximum atomic E-state index is 6.21. The van der Waals surface area contributed by atoms with E-state index in [-0.39, 0.29) is 0 Å². The SMILES string of the molecule is Cc1cc(OC[C@@H]2CCN2)cnc1Cl.Cc1ccc(CCc2cc(OCC3CCN3)cnc2Cl)cc1. The fourth-order valence-corrected chi connectivity index (χ4v) is 4.05. The Hall–Kier alpha value is -2.38. The maximum Gasteiger partial charge on any atom is 0.138 e. The lowest BCUT2D eigenvalue weighted by Crippen LogP contribution is -2.46. The van der Waals surface area contributed by atoms with Crippen LogP contribution in [0.5, 0.6) is 11.5 Å². The van der Waals surface area contributed by atoms with Gasteiger partial charge in [-0.25, -0.2) is 9.97 Å². The molecule has 1 unspecified atom stereocenters. The van der Waals surface area contributed by atoms with E-state index in [9.17, 15) is 0 Å². The van der Waals surface area contributed by atoms with Crippen molar-refractivity contribution in [1.29, 1.82) is 0 Å². The van der Waals surface area contributed by atoms with Gasteiger partial charge in [0.15, 0.2) is 0 Å². The van der Waals surface area contributed by atoms with Gasteiger partial charge in [-0.1, -0.05) is 53.0 Å². The van der Waals surface area contributed by atoms with Gasteiger partial charge in [0.25, 0.3) is 0 Å². The van der Waals surface area contributed by atoms with Crippen LogP contribution in [0.4, 0.5) is 0 Å². The number of halogens is 2. The molecule has 4 heterocycles. The lowest BCUT2D eigenvalue weighted by atomic mass is 10.0. The topological polar surface area (TPSA) is 68.3 Å². The van der Waals surface area contributed by atoms with Crippen LogP contribution >= 0.6 is 23.2 Å². The van der Waals surface area contributed by atoms with Crippen LogP contribution in [-0.4, -0.2) is 48.4 Å². The number of benzene rings is 1. The first kappa shape index (κ1) is 26.7. The molecule has 1 aromatic carbocycles. The average molecular weight is 530 g/mol. The van der Waals surface area contributed by atoms with Gasteiger partial charge in [-0.05, 0) is 81.4 Å². The Balaban J connectivity index is 0.000000187. The molecule has 0 saturated carbocycles. The van der Waals surface area contributed by atoms with Gasteiger partial charge >= 0.3 is 0 Å². The largest absolute Gasteiger partial charge is 0.490 e. The van der Waals surface area contributed by atoms with Crippen LogP contribution in [0.1, 0.15) is 35.1 Å². The Morgan fingerprint density at radius 3 is 1.89 bits per heavy atom. The summed E-state index contributed by atoms with van der Waals surface area (Å²) in [5.74, 6) is 1.60. The van der Waals surface area contributed by atoms with Crippen LogP contribution < -0.4 is 20.1 Å². The molecule has 2 N–H and O–H groups in total. The second kappa shape index (κ2) is 13.2. The van der Waals surface area contributed by atoms with Crippen molar-refractivity contribution in [2.45, 2.75) is 51.6 Å². The highest BCUT2D eigenvalue weighted by molar-refractivity contribution is 6.30. The van der Waals surface area contributed by atoms with E-state index in [4.69, 9.17) is 32.7 Å². The van der Waals surface area contributed by atoms with Gasteiger partial charge in [-0.2, -0.15) is 0 Å². The average Bonchev–Trinajstić information content (AvgIpc) is 2.81. The molecule has 2 aromatic heterocycles. The van der Waals surface area contributed by atoms with Crippen LogP contribution in [0.2, 0.25) is 10.3 Å². The highest BCUT2D eigenvalue weighted by atomic mass is 35.5. The summed E-state index contributed by atoms with van der Waals surface area (Å²) in [6.45, 7) is 7.62. The van der Waals surface area contributed by atoms with E-state index in [0.717, 1.165) is 48.6 Å². The Labute approximate surface area is 223 Å². The van der Waals surface area contributed by atoms with Crippen molar-refractivity contribution in [2.24, 2.45) is 0 Å². The molecule has 5 rings (SSSR count). The van der Waals surface area contributed by atoms with Crippen molar-refractivity contribution >= 4 is 23.2 Å². The van der Waals surface area contributed by atoms with E-state index in [1.165, 1.54) is 24.0 Å². The normalized spacial score (nSPS) is 18.3. The van der Waals surface area contributed by atoms with Gasteiger partial charge in [0.2, 0.25) is 0 Å². The van der Waals surface area contributed by atoms with Crippen molar-refractivity contribution in [3.8, 4) is 11.5 Å².